The standard InChI is InChI=1S/C16H20N2OS/c1-2-7-13(14-10-6-11-20-14)18-16(19)15(17)12-8-4-3-5-9-12/h3-6,8-11,13,15H,2,7,17H2,1H3,(H,18,19)/t13?,15-/m0/s1. The van der Waals surface area contributed by atoms with Crippen LogP contribution in [0.4, 0.5) is 0 Å². The number of benzene rings is 1. The van der Waals surface area contributed by atoms with E-state index in [1.165, 1.54) is 4.88 Å². The fraction of sp³-hybridized carbons (Fsp3) is 0.312. The Morgan fingerprint density at radius 1 is 1.25 bits per heavy atom. The van der Waals surface area contributed by atoms with Gasteiger partial charge < -0.3 is 11.1 Å². The summed E-state index contributed by atoms with van der Waals surface area (Å²) >= 11 is 1.66. The van der Waals surface area contributed by atoms with Gasteiger partial charge in [-0.25, -0.2) is 0 Å². The van der Waals surface area contributed by atoms with Gasteiger partial charge in [-0.15, -0.1) is 11.3 Å². The molecule has 3 nitrogen and oxygen atoms in total. The third-order valence-corrected chi connectivity index (χ3v) is 4.21. The SMILES string of the molecule is CCCC(NC(=O)[C@@H](N)c1ccccc1)c1cccs1. The van der Waals surface area contributed by atoms with Crippen LogP contribution in [0.2, 0.25) is 0 Å². The van der Waals surface area contributed by atoms with Crippen LogP contribution in [0.3, 0.4) is 0 Å². The van der Waals surface area contributed by atoms with E-state index in [0.717, 1.165) is 18.4 Å². The highest BCUT2D eigenvalue weighted by Gasteiger charge is 2.20. The first-order valence-corrected chi connectivity index (χ1v) is 7.74. The van der Waals surface area contributed by atoms with Crippen LogP contribution in [0, 0.1) is 0 Å². The third kappa shape index (κ3) is 3.68. The van der Waals surface area contributed by atoms with Crippen LogP contribution in [0.15, 0.2) is 47.8 Å². The van der Waals surface area contributed by atoms with Crippen LogP contribution in [0.1, 0.15) is 42.3 Å². The number of hydrogen-bond acceptors (Lipinski definition) is 3. The fourth-order valence-corrected chi connectivity index (χ4v) is 2.95. The topological polar surface area (TPSA) is 55.1 Å². The largest absolute Gasteiger partial charge is 0.347 e. The van der Waals surface area contributed by atoms with Crippen molar-refractivity contribution in [2.24, 2.45) is 5.73 Å². The molecule has 1 amide bonds. The van der Waals surface area contributed by atoms with Gasteiger partial charge in [-0.3, -0.25) is 4.79 Å². The minimum absolute atomic E-state index is 0.0577. The second kappa shape index (κ2) is 7.22. The van der Waals surface area contributed by atoms with Crippen LogP contribution in [0.25, 0.3) is 0 Å². The quantitative estimate of drug-likeness (QED) is 0.856. The van der Waals surface area contributed by atoms with E-state index in [9.17, 15) is 4.79 Å². The summed E-state index contributed by atoms with van der Waals surface area (Å²) in [6, 6.07) is 13.0. The van der Waals surface area contributed by atoms with Crippen molar-refractivity contribution < 1.29 is 4.79 Å². The summed E-state index contributed by atoms with van der Waals surface area (Å²) in [6.07, 6.45) is 1.94. The molecule has 0 aliphatic heterocycles. The molecule has 1 unspecified atom stereocenters. The van der Waals surface area contributed by atoms with Crippen molar-refractivity contribution in [3.05, 3.63) is 58.3 Å². The molecule has 2 atom stereocenters. The van der Waals surface area contributed by atoms with E-state index in [1.807, 2.05) is 41.8 Å². The maximum Gasteiger partial charge on any atom is 0.242 e. The number of carbonyl (C=O) groups excluding carboxylic acids is 1. The molecule has 0 saturated heterocycles. The molecule has 3 N–H and O–H groups in total. The molecule has 1 aromatic heterocycles. The fourth-order valence-electron chi connectivity index (χ4n) is 2.14. The van der Waals surface area contributed by atoms with Gasteiger partial charge in [0, 0.05) is 4.88 Å². The van der Waals surface area contributed by atoms with Gasteiger partial charge in [0.25, 0.3) is 0 Å². The smallest absolute Gasteiger partial charge is 0.242 e. The molecule has 106 valence electrons. The van der Waals surface area contributed by atoms with Gasteiger partial charge in [-0.05, 0) is 23.4 Å². The highest BCUT2D eigenvalue weighted by Crippen LogP contribution is 2.24. The Morgan fingerprint density at radius 2 is 2.00 bits per heavy atom. The van der Waals surface area contributed by atoms with Crippen molar-refractivity contribution in [3.8, 4) is 0 Å². The molecule has 0 saturated carbocycles. The molecule has 0 spiro atoms. The number of nitrogens with two attached hydrogens (primary N) is 1. The predicted molar refractivity (Wildman–Crippen MR) is 83.5 cm³/mol. The van der Waals surface area contributed by atoms with Gasteiger partial charge in [0.15, 0.2) is 0 Å². The van der Waals surface area contributed by atoms with Gasteiger partial charge in [0.1, 0.15) is 6.04 Å². The van der Waals surface area contributed by atoms with Crippen LogP contribution >= 0.6 is 11.3 Å². The number of hydrogen-bond donors (Lipinski definition) is 2. The zero-order valence-electron chi connectivity index (χ0n) is 11.6. The van der Waals surface area contributed by atoms with Crippen LogP contribution in [0.5, 0.6) is 0 Å². The van der Waals surface area contributed by atoms with Crippen molar-refractivity contribution in [3.63, 3.8) is 0 Å². The molecule has 0 aliphatic rings. The first kappa shape index (κ1) is 14.8. The summed E-state index contributed by atoms with van der Waals surface area (Å²) in [4.78, 5) is 13.5. The Hall–Kier alpha value is -1.65. The maximum absolute atomic E-state index is 12.3. The van der Waals surface area contributed by atoms with Gasteiger partial charge in [0.05, 0.1) is 6.04 Å². The molecular formula is C16H20N2OS. The highest BCUT2D eigenvalue weighted by molar-refractivity contribution is 7.10. The number of amides is 1. The van der Waals surface area contributed by atoms with E-state index in [2.05, 4.69) is 18.3 Å². The van der Waals surface area contributed by atoms with Gasteiger partial charge >= 0.3 is 0 Å². The van der Waals surface area contributed by atoms with Crippen molar-refractivity contribution in [1.82, 2.24) is 5.32 Å². The van der Waals surface area contributed by atoms with Gasteiger partial charge in [-0.1, -0.05) is 49.7 Å². The number of thiophene rings is 1. The molecule has 20 heavy (non-hydrogen) atoms. The second-order valence-corrected chi connectivity index (χ2v) is 5.73. The monoisotopic (exact) mass is 288 g/mol. The summed E-state index contributed by atoms with van der Waals surface area (Å²) in [7, 11) is 0. The van der Waals surface area contributed by atoms with E-state index in [-0.39, 0.29) is 11.9 Å². The minimum atomic E-state index is -0.615. The molecule has 0 radical (unpaired) electrons. The Labute approximate surface area is 123 Å². The summed E-state index contributed by atoms with van der Waals surface area (Å²) in [5.74, 6) is -0.122. The van der Waals surface area contributed by atoms with Crippen molar-refractivity contribution in [1.29, 1.82) is 0 Å². The molecule has 4 heteroatoms. The van der Waals surface area contributed by atoms with E-state index in [4.69, 9.17) is 5.73 Å². The van der Waals surface area contributed by atoms with Crippen LogP contribution in [-0.2, 0) is 4.79 Å². The maximum atomic E-state index is 12.3. The first-order chi connectivity index (χ1) is 9.72. The minimum Gasteiger partial charge on any atom is -0.347 e. The Bertz CT molecular complexity index is 525. The lowest BCUT2D eigenvalue weighted by Crippen LogP contribution is -2.36. The van der Waals surface area contributed by atoms with Crippen molar-refractivity contribution >= 4 is 17.2 Å². The average molecular weight is 288 g/mol. The zero-order chi connectivity index (χ0) is 14.4. The summed E-state index contributed by atoms with van der Waals surface area (Å²) in [5.41, 5.74) is 6.87. The van der Waals surface area contributed by atoms with E-state index < -0.39 is 6.04 Å². The molecular weight excluding hydrogens is 268 g/mol. The van der Waals surface area contributed by atoms with E-state index in [1.54, 1.807) is 11.3 Å². The first-order valence-electron chi connectivity index (χ1n) is 6.86. The van der Waals surface area contributed by atoms with Gasteiger partial charge in [-0.2, -0.15) is 0 Å². The molecule has 0 aliphatic carbocycles. The number of nitrogens with one attached hydrogen (secondary N) is 1. The van der Waals surface area contributed by atoms with Crippen molar-refractivity contribution in [2.45, 2.75) is 31.8 Å². The molecule has 1 aromatic carbocycles. The average Bonchev–Trinajstić information content (AvgIpc) is 3.01. The van der Waals surface area contributed by atoms with E-state index in [0.29, 0.717) is 0 Å². The summed E-state index contributed by atoms with van der Waals surface area (Å²) in [5, 5.41) is 5.09. The van der Waals surface area contributed by atoms with Crippen molar-refractivity contribution in [2.75, 3.05) is 0 Å². The second-order valence-electron chi connectivity index (χ2n) is 4.75. The van der Waals surface area contributed by atoms with Crippen LogP contribution < -0.4 is 11.1 Å². The lowest BCUT2D eigenvalue weighted by atomic mass is 10.1. The molecule has 1 heterocycles. The summed E-state index contributed by atoms with van der Waals surface area (Å²) < 4.78 is 0. The normalized spacial score (nSPS) is 13.7. The van der Waals surface area contributed by atoms with Crippen LogP contribution in [-0.4, -0.2) is 5.91 Å². The Morgan fingerprint density at radius 3 is 2.60 bits per heavy atom. The molecule has 2 rings (SSSR count). The van der Waals surface area contributed by atoms with Gasteiger partial charge in [0.2, 0.25) is 5.91 Å². The predicted octanol–water partition coefficient (Wildman–Crippen LogP) is 3.41. The molecule has 2 aromatic rings. The third-order valence-electron chi connectivity index (χ3n) is 3.22. The lowest BCUT2D eigenvalue weighted by Gasteiger charge is -2.20. The highest BCUT2D eigenvalue weighted by atomic mass is 32.1. The number of rotatable bonds is 6. The number of carbonyl (C=O) groups is 1. The van der Waals surface area contributed by atoms with E-state index >= 15 is 0 Å². The summed E-state index contributed by atoms with van der Waals surface area (Å²) in [6.45, 7) is 2.11. The molecule has 0 bridgehead atoms. The Kier molecular flexibility index (Phi) is 5.32. The molecule has 0 fully saturated rings. The zero-order valence-corrected chi connectivity index (χ0v) is 12.4. The lowest BCUT2D eigenvalue weighted by molar-refractivity contribution is -0.123. The Balaban J connectivity index is 2.05.